The first-order chi connectivity index (χ1) is 13.5. The van der Waals surface area contributed by atoms with Gasteiger partial charge in [-0.15, -0.1) is 0 Å². The first kappa shape index (κ1) is 17.7. The number of fused-ring (bicyclic) bond motifs is 1. The molecule has 1 N–H and O–H groups in total. The average Bonchev–Trinajstić information content (AvgIpc) is 3.12. The van der Waals surface area contributed by atoms with Crippen LogP contribution in [0.4, 0.5) is 11.4 Å². The van der Waals surface area contributed by atoms with E-state index in [4.69, 9.17) is 16.0 Å². The number of hydrogen-bond acceptors (Lipinski definition) is 5. The third-order valence-electron chi connectivity index (χ3n) is 4.09. The summed E-state index contributed by atoms with van der Waals surface area (Å²) < 4.78 is 5.70. The predicted octanol–water partition coefficient (Wildman–Crippen LogP) is 5.31. The van der Waals surface area contributed by atoms with Gasteiger partial charge in [0.1, 0.15) is 5.52 Å². The van der Waals surface area contributed by atoms with Crippen molar-refractivity contribution in [2.75, 3.05) is 5.32 Å². The van der Waals surface area contributed by atoms with Crippen molar-refractivity contribution in [3.63, 3.8) is 0 Å². The number of carbonyl (C=O) groups excluding carboxylic acids is 1. The molecule has 1 aromatic heterocycles. The minimum atomic E-state index is -0.498. The lowest BCUT2D eigenvalue weighted by molar-refractivity contribution is -0.384. The summed E-state index contributed by atoms with van der Waals surface area (Å²) in [6.07, 6.45) is 0. The van der Waals surface area contributed by atoms with E-state index in [1.54, 1.807) is 48.5 Å². The molecule has 7 nitrogen and oxygen atoms in total. The summed E-state index contributed by atoms with van der Waals surface area (Å²) >= 11 is 5.86. The lowest BCUT2D eigenvalue weighted by Gasteiger charge is -2.09. The largest absolute Gasteiger partial charge is 0.436 e. The molecule has 0 spiro atoms. The summed E-state index contributed by atoms with van der Waals surface area (Å²) in [5.74, 6) is -0.0571. The molecule has 0 saturated heterocycles. The second kappa shape index (κ2) is 7.13. The van der Waals surface area contributed by atoms with Crippen LogP contribution in [-0.4, -0.2) is 15.8 Å². The number of aromatic nitrogens is 1. The van der Waals surface area contributed by atoms with Crippen LogP contribution in [0.1, 0.15) is 10.4 Å². The van der Waals surface area contributed by atoms with Crippen molar-refractivity contribution in [1.82, 2.24) is 4.98 Å². The number of amides is 1. The molecule has 0 atom stereocenters. The topological polar surface area (TPSA) is 98.3 Å². The van der Waals surface area contributed by atoms with Crippen LogP contribution < -0.4 is 5.32 Å². The van der Waals surface area contributed by atoms with Gasteiger partial charge in [0.05, 0.1) is 22.2 Å². The quantitative estimate of drug-likeness (QED) is 0.374. The summed E-state index contributed by atoms with van der Waals surface area (Å²) in [5, 5.41) is 14.3. The molecular formula is C20H12ClN3O4. The van der Waals surface area contributed by atoms with Crippen LogP contribution >= 0.6 is 11.6 Å². The Morgan fingerprint density at radius 2 is 1.82 bits per heavy atom. The van der Waals surface area contributed by atoms with E-state index in [2.05, 4.69) is 10.3 Å². The van der Waals surface area contributed by atoms with Gasteiger partial charge in [-0.3, -0.25) is 14.9 Å². The number of carbonyl (C=O) groups is 1. The van der Waals surface area contributed by atoms with Crippen LogP contribution in [0.5, 0.6) is 0 Å². The smallest absolute Gasteiger partial charge is 0.273 e. The van der Waals surface area contributed by atoms with Crippen LogP contribution in [-0.2, 0) is 0 Å². The Bertz CT molecular complexity index is 1200. The van der Waals surface area contributed by atoms with E-state index in [9.17, 15) is 14.9 Å². The summed E-state index contributed by atoms with van der Waals surface area (Å²) in [5.41, 5.74) is 2.21. The molecule has 8 heteroatoms. The molecule has 138 valence electrons. The highest BCUT2D eigenvalue weighted by molar-refractivity contribution is 6.30. The monoisotopic (exact) mass is 393 g/mol. The molecule has 4 rings (SSSR count). The summed E-state index contributed by atoms with van der Waals surface area (Å²) in [7, 11) is 0. The van der Waals surface area contributed by atoms with Gasteiger partial charge in [0.25, 0.3) is 11.6 Å². The minimum absolute atomic E-state index is 0.0838. The zero-order valence-electron chi connectivity index (χ0n) is 14.3. The van der Waals surface area contributed by atoms with Gasteiger partial charge < -0.3 is 9.73 Å². The number of benzene rings is 3. The molecule has 0 fully saturated rings. The molecule has 0 bridgehead atoms. The average molecular weight is 394 g/mol. The number of anilines is 1. The van der Waals surface area contributed by atoms with Crippen molar-refractivity contribution in [3.8, 4) is 11.5 Å². The van der Waals surface area contributed by atoms with Crippen molar-refractivity contribution in [3.05, 3.63) is 87.4 Å². The number of para-hydroxylation sites is 1. The maximum atomic E-state index is 12.5. The molecule has 4 aromatic rings. The standard InChI is InChI=1S/C20H12ClN3O4/c21-13-7-5-12(6-8-13)19(25)22-16-4-2-1-3-15(16)20-23-17-10-9-14(24(26)27)11-18(17)28-20/h1-11H,(H,22,25). The maximum absolute atomic E-state index is 12.5. The Hall–Kier alpha value is -3.71. The molecule has 0 radical (unpaired) electrons. The zero-order valence-corrected chi connectivity index (χ0v) is 15.0. The van der Waals surface area contributed by atoms with Crippen molar-refractivity contribution in [2.24, 2.45) is 0 Å². The molecular weight excluding hydrogens is 382 g/mol. The van der Waals surface area contributed by atoms with Crippen LogP contribution in [0, 0.1) is 10.1 Å². The fourth-order valence-corrected chi connectivity index (χ4v) is 2.84. The molecule has 0 unspecified atom stereocenters. The Morgan fingerprint density at radius 1 is 1.07 bits per heavy atom. The zero-order chi connectivity index (χ0) is 19.7. The minimum Gasteiger partial charge on any atom is -0.436 e. The van der Waals surface area contributed by atoms with Gasteiger partial charge in [-0.1, -0.05) is 23.7 Å². The number of rotatable bonds is 4. The Labute approximate surface area is 163 Å². The maximum Gasteiger partial charge on any atom is 0.273 e. The highest BCUT2D eigenvalue weighted by Crippen LogP contribution is 2.31. The van der Waals surface area contributed by atoms with Gasteiger partial charge in [-0.25, -0.2) is 4.98 Å². The van der Waals surface area contributed by atoms with Gasteiger partial charge >= 0.3 is 0 Å². The summed E-state index contributed by atoms with van der Waals surface area (Å²) in [6.45, 7) is 0. The Balaban J connectivity index is 1.69. The normalized spacial score (nSPS) is 10.8. The number of hydrogen-bond donors (Lipinski definition) is 1. The third-order valence-corrected chi connectivity index (χ3v) is 4.35. The van der Waals surface area contributed by atoms with E-state index >= 15 is 0 Å². The number of oxazole rings is 1. The fourth-order valence-electron chi connectivity index (χ4n) is 2.72. The van der Waals surface area contributed by atoms with Crippen LogP contribution in [0.15, 0.2) is 71.1 Å². The molecule has 0 aliphatic rings. The third kappa shape index (κ3) is 3.43. The van der Waals surface area contributed by atoms with Crippen molar-refractivity contribution >= 4 is 40.0 Å². The van der Waals surface area contributed by atoms with Gasteiger partial charge in [0.2, 0.25) is 5.89 Å². The van der Waals surface area contributed by atoms with Gasteiger partial charge in [0.15, 0.2) is 5.58 Å². The van der Waals surface area contributed by atoms with Crippen molar-refractivity contribution in [1.29, 1.82) is 0 Å². The molecule has 0 aliphatic carbocycles. The van der Waals surface area contributed by atoms with Crippen LogP contribution in [0.25, 0.3) is 22.6 Å². The van der Waals surface area contributed by atoms with Gasteiger partial charge in [-0.05, 0) is 42.5 Å². The SMILES string of the molecule is O=C(Nc1ccccc1-c1nc2ccc([N+](=O)[O-])cc2o1)c1ccc(Cl)cc1. The number of nitrogens with zero attached hydrogens (tertiary/aromatic N) is 2. The van der Waals surface area contributed by atoms with E-state index in [1.807, 2.05) is 0 Å². The number of nitro groups is 1. The number of halogens is 1. The first-order valence-corrected chi connectivity index (χ1v) is 8.60. The molecule has 28 heavy (non-hydrogen) atoms. The lowest BCUT2D eigenvalue weighted by atomic mass is 10.1. The molecule has 0 saturated carbocycles. The van der Waals surface area contributed by atoms with Crippen molar-refractivity contribution in [2.45, 2.75) is 0 Å². The number of nitrogens with one attached hydrogen (secondary N) is 1. The number of non-ortho nitro benzene ring substituents is 1. The summed E-state index contributed by atoms with van der Waals surface area (Å²) in [6, 6.07) is 17.7. The molecule has 3 aromatic carbocycles. The van der Waals surface area contributed by atoms with E-state index in [0.717, 1.165) is 0 Å². The van der Waals surface area contributed by atoms with E-state index in [0.29, 0.717) is 32.9 Å². The second-order valence-corrected chi connectivity index (χ2v) is 6.37. The predicted molar refractivity (Wildman–Crippen MR) is 106 cm³/mol. The van der Waals surface area contributed by atoms with E-state index in [-0.39, 0.29) is 17.5 Å². The Morgan fingerprint density at radius 3 is 2.57 bits per heavy atom. The Kier molecular flexibility index (Phi) is 4.50. The van der Waals surface area contributed by atoms with Crippen LogP contribution in [0.2, 0.25) is 5.02 Å². The molecule has 1 amide bonds. The summed E-state index contributed by atoms with van der Waals surface area (Å²) in [4.78, 5) is 27.3. The van der Waals surface area contributed by atoms with Crippen LogP contribution in [0.3, 0.4) is 0 Å². The number of nitro benzene ring substituents is 1. The van der Waals surface area contributed by atoms with E-state index < -0.39 is 4.92 Å². The van der Waals surface area contributed by atoms with Crippen molar-refractivity contribution < 1.29 is 14.1 Å². The first-order valence-electron chi connectivity index (χ1n) is 8.22. The lowest BCUT2D eigenvalue weighted by Crippen LogP contribution is -2.12. The van der Waals surface area contributed by atoms with Gasteiger partial charge in [0, 0.05) is 16.7 Å². The highest BCUT2D eigenvalue weighted by Gasteiger charge is 2.16. The van der Waals surface area contributed by atoms with E-state index in [1.165, 1.54) is 18.2 Å². The fraction of sp³-hybridized carbons (Fsp3) is 0. The molecule has 0 aliphatic heterocycles. The molecule has 1 heterocycles. The highest BCUT2D eigenvalue weighted by atomic mass is 35.5. The second-order valence-electron chi connectivity index (χ2n) is 5.93. The van der Waals surface area contributed by atoms with Gasteiger partial charge in [-0.2, -0.15) is 0 Å².